The van der Waals surface area contributed by atoms with Gasteiger partial charge in [0.1, 0.15) is 0 Å². The summed E-state index contributed by atoms with van der Waals surface area (Å²) in [6.45, 7) is 3.31. The van der Waals surface area contributed by atoms with E-state index in [4.69, 9.17) is 10.5 Å². The number of methoxy groups -OCH3 is 1. The molecule has 3 unspecified atom stereocenters. The van der Waals surface area contributed by atoms with Crippen LogP contribution in [-0.4, -0.2) is 18.8 Å². The van der Waals surface area contributed by atoms with Crippen molar-refractivity contribution in [3.8, 4) is 0 Å². The largest absolute Gasteiger partial charge is 0.388 e. The van der Waals surface area contributed by atoms with E-state index < -0.39 is 6.10 Å². The molecule has 0 spiro atoms. The lowest BCUT2D eigenvalue weighted by Crippen LogP contribution is -2.35. The Morgan fingerprint density at radius 3 is 2.79 bits per heavy atom. The van der Waals surface area contributed by atoms with Crippen LogP contribution in [0, 0.1) is 11.3 Å². The fourth-order valence-corrected chi connectivity index (χ4v) is 3.40. The van der Waals surface area contributed by atoms with Crippen LogP contribution in [0.1, 0.15) is 43.4 Å². The SMILES string of the molecule is COCc1ccccc1C(O)C1(CN)CCC(C)C1. The first-order chi connectivity index (χ1) is 9.13. The highest BCUT2D eigenvalue weighted by Crippen LogP contribution is 2.49. The summed E-state index contributed by atoms with van der Waals surface area (Å²) in [6.07, 6.45) is 2.67. The van der Waals surface area contributed by atoms with Crippen LogP contribution in [0.15, 0.2) is 24.3 Å². The second-order valence-corrected chi connectivity index (χ2v) is 5.95. The average molecular weight is 263 g/mol. The molecule has 3 atom stereocenters. The van der Waals surface area contributed by atoms with Crippen molar-refractivity contribution in [2.45, 2.75) is 38.9 Å². The Labute approximate surface area is 115 Å². The summed E-state index contributed by atoms with van der Waals surface area (Å²) in [6, 6.07) is 7.97. The third-order valence-corrected chi connectivity index (χ3v) is 4.53. The van der Waals surface area contributed by atoms with Crippen molar-refractivity contribution in [3.63, 3.8) is 0 Å². The maximum atomic E-state index is 10.9. The highest BCUT2D eigenvalue weighted by molar-refractivity contribution is 5.30. The Balaban J connectivity index is 2.30. The van der Waals surface area contributed by atoms with Crippen molar-refractivity contribution in [2.24, 2.45) is 17.1 Å². The summed E-state index contributed by atoms with van der Waals surface area (Å²) >= 11 is 0. The van der Waals surface area contributed by atoms with Gasteiger partial charge in [-0.3, -0.25) is 0 Å². The molecule has 1 aromatic rings. The van der Waals surface area contributed by atoms with E-state index >= 15 is 0 Å². The number of hydrogen-bond acceptors (Lipinski definition) is 3. The van der Waals surface area contributed by atoms with Gasteiger partial charge in [0, 0.05) is 19.1 Å². The van der Waals surface area contributed by atoms with Gasteiger partial charge in [-0.25, -0.2) is 0 Å². The van der Waals surface area contributed by atoms with Gasteiger partial charge < -0.3 is 15.6 Å². The molecule has 106 valence electrons. The molecule has 0 bridgehead atoms. The van der Waals surface area contributed by atoms with Crippen molar-refractivity contribution in [1.29, 1.82) is 0 Å². The van der Waals surface area contributed by atoms with Crippen molar-refractivity contribution >= 4 is 0 Å². The molecule has 0 radical (unpaired) electrons. The van der Waals surface area contributed by atoms with Gasteiger partial charge in [-0.05, 0) is 29.9 Å². The predicted molar refractivity (Wildman–Crippen MR) is 76.6 cm³/mol. The van der Waals surface area contributed by atoms with Crippen molar-refractivity contribution < 1.29 is 9.84 Å². The number of rotatable bonds is 5. The Bertz CT molecular complexity index is 421. The van der Waals surface area contributed by atoms with Crippen LogP contribution in [0.2, 0.25) is 0 Å². The summed E-state index contributed by atoms with van der Waals surface area (Å²) in [7, 11) is 1.68. The Morgan fingerprint density at radius 1 is 1.47 bits per heavy atom. The molecule has 3 nitrogen and oxygen atoms in total. The molecule has 19 heavy (non-hydrogen) atoms. The van der Waals surface area contributed by atoms with Crippen LogP contribution in [0.3, 0.4) is 0 Å². The van der Waals surface area contributed by atoms with Gasteiger partial charge in [-0.2, -0.15) is 0 Å². The molecular weight excluding hydrogens is 238 g/mol. The molecular formula is C16H25NO2. The molecule has 0 aromatic heterocycles. The smallest absolute Gasteiger partial charge is 0.0861 e. The molecule has 3 heteroatoms. The maximum absolute atomic E-state index is 10.9. The van der Waals surface area contributed by atoms with E-state index in [1.165, 1.54) is 0 Å². The molecule has 2 rings (SSSR count). The average Bonchev–Trinajstić information content (AvgIpc) is 2.82. The minimum atomic E-state index is -0.492. The van der Waals surface area contributed by atoms with E-state index in [0.717, 1.165) is 30.4 Å². The third kappa shape index (κ3) is 2.83. The van der Waals surface area contributed by atoms with Crippen LogP contribution in [0.4, 0.5) is 0 Å². The molecule has 1 fully saturated rings. The first-order valence-electron chi connectivity index (χ1n) is 7.08. The quantitative estimate of drug-likeness (QED) is 0.858. The zero-order valence-corrected chi connectivity index (χ0v) is 11.9. The van der Waals surface area contributed by atoms with Crippen molar-refractivity contribution in [1.82, 2.24) is 0 Å². The highest BCUT2D eigenvalue weighted by atomic mass is 16.5. The lowest BCUT2D eigenvalue weighted by molar-refractivity contribution is 0.0288. The van der Waals surface area contributed by atoms with E-state index in [1.807, 2.05) is 24.3 Å². The zero-order chi connectivity index (χ0) is 13.9. The van der Waals surface area contributed by atoms with Crippen LogP contribution < -0.4 is 5.73 Å². The van der Waals surface area contributed by atoms with Gasteiger partial charge in [0.25, 0.3) is 0 Å². The second kappa shape index (κ2) is 6.04. The molecule has 1 aromatic carbocycles. The number of aliphatic hydroxyl groups is 1. The first-order valence-corrected chi connectivity index (χ1v) is 7.08. The van der Waals surface area contributed by atoms with Gasteiger partial charge in [0.2, 0.25) is 0 Å². The second-order valence-electron chi connectivity index (χ2n) is 5.95. The number of nitrogens with two attached hydrogens (primary N) is 1. The molecule has 3 N–H and O–H groups in total. The van der Waals surface area contributed by atoms with Crippen LogP contribution >= 0.6 is 0 Å². The van der Waals surface area contributed by atoms with Crippen molar-refractivity contribution in [3.05, 3.63) is 35.4 Å². The van der Waals surface area contributed by atoms with E-state index in [0.29, 0.717) is 19.1 Å². The van der Waals surface area contributed by atoms with E-state index in [1.54, 1.807) is 7.11 Å². The van der Waals surface area contributed by atoms with Gasteiger partial charge in [-0.1, -0.05) is 37.6 Å². The number of hydrogen-bond donors (Lipinski definition) is 2. The first kappa shape index (κ1) is 14.5. The molecule has 1 aliphatic rings. The number of aliphatic hydroxyl groups excluding tert-OH is 1. The van der Waals surface area contributed by atoms with Gasteiger partial charge in [0.15, 0.2) is 0 Å². The number of benzene rings is 1. The Kier molecular flexibility index (Phi) is 4.61. The third-order valence-electron chi connectivity index (χ3n) is 4.53. The predicted octanol–water partition coefficient (Wildman–Crippen LogP) is 2.63. The monoisotopic (exact) mass is 263 g/mol. The van der Waals surface area contributed by atoms with E-state index in [2.05, 4.69) is 6.92 Å². The summed E-state index contributed by atoms with van der Waals surface area (Å²) in [5.74, 6) is 0.646. The van der Waals surface area contributed by atoms with Crippen LogP contribution in [0.5, 0.6) is 0 Å². The molecule has 0 aliphatic heterocycles. The lowest BCUT2D eigenvalue weighted by atomic mass is 9.76. The van der Waals surface area contributed by atoms with Crippen molar-refractivity contribution in [2.75, 3.05) is 13.7 Å². The Morgan fingerprint density at radius 2 is 2.21 bits per heavy atom. The molecule has 1 aliphatic carbocycles. The summed E-state index contributed by atoms with van der Waals surface area (Å²) in [5, 5.41) is 10.9. The minimum absolute atomic E-state index is 0.163. The highest BCUT2D eigenvalue weighted by Gasteiger charge is 2.43. The zero-order valence-electron chi connectivity index (χ0n) is 11.9. The minimum Gasteiger partial charge on any atom is -0.388 e. The van der Waals surface area contributed by atoms with Crippen LogP contribution in [0.25, 0.3) is 0 Å². The Hall–Kier alpha value is -0.900. The van der Waals surface area contributed by atoms with Gasteiger partial charge >= 0.3 is 0 Å². The number of ether oxygens (including phenoxy) is 1. The fraction of sp³-hybridized carbons (Fsp3) is 0.625. The molecule has 0 heterocycles. The summed E-state index contributed by atoms with van der Waals surface area (Å²) in [4.78, 5) is 0. The lowest BCUT2D eigenvalue weighted by Gasteiger charge is -2.34. The summed E-state index contributed by atoms with van der Waals surface area (Å²) < 4.78 is 5.23. The molecule has 0 saturated heterocycles. The topological polar surface area (TPSA) is 55.5 Å². The molecule has 0 amide bonds. The fourth-order valence-electron chi connectivity index (χ4n) is 3.40. The van der Waals surface area contributed by atoms with Crippen LogP contribution in [-0.2, 0) is 11.3 Å². The van der Waals surface area contributed by atoms with E-state index in [-0.39, 0.29) is 5.41 Å². The normalized spacial score (nSPS) is 28.5. The molecule has 1 saturated carbocycles. The van der Waals surface area contributed by atoms with E-state index in [9.17, 15) is 5.11 Å². The van der Waals surface area contributed by atoms with Gasteiger partial charge in [0.05, 0.1) is 12.7 Å². The summed E-state index contributed by atoms with van der Waals surface area (Å²) in [5.41, 5.74) is 7.87. The maximum Gasteiger partial charge on any atom is 0.0861 e. The van der Waals surface area contributed by atoms with Gasteiger partial charge in [-0.15, -0.1) is 0 Å². The standard InChI is InChI=1S/C16H25NO2/c1-12-7-8-16(9-12,11-17)15(18)14-6-4-3-5-13(14)10-19-2/h3-6,12,15,18H,7-11,17H2,1-2H3.